The molecule has 0 atom stereocenters. The molecule has 1 aliphatic rings. The van der Waals surface area contributed by atoms with E-state index in [9.17, 15) is 14.0 Å². The van der Waals surface area contributed by atoms with Gasteiger partial charge in [0.05, 0.1) is 16.8 Å². The number of carbonyl (C=O) groups excluding carboxylic acids is 2. The van der Waals surface area contributed by atoms with Crippen molar-refractivity contribution in [2.45, 2.75) is 25.2 Å². The van der Waals surface area contributed by atoms with Gasteiger partial charge in [-0.25, -0.2) is 4.39 Å². The van der Waals surface area contributed by atoms with Crippen LogP contribution < -0.4 is 11.1 Å². The first kappa shape index (κ1) is 21.0. The van der Waals surface area contributed by atoms with Gasteiger partial charge in [-0.3, -0.25) is 9.59 Å². The monoisotopic (exact) mass is 424 g/mol. The topological polar surface area (TPSA) is 101 Å². The molecule has 0 spiro atoms. The fourth-order valence-corrected chi connectivity index (χ4v) is 4.15. The minimum absolute atomic E-state index is 0.227. The molecule has 7 nitrogen and oxygen atoms in total. The third-order valence-corrected chi connectivity index (χ3v) is 5.81. The maximum atomic E-state index is 13.3. The summed E-state index contributed by atoms with van der Waals surface area (Å²) in [4.78, 5) is 26.2. The molecule has 31 heavy (non-hydrogen) atoms. The van der Waals surface area contributed by atoms with Crippen molar-refractivity contribution in [2.24, 2.45) is 5.73 Å². The Labute approximate surface area is 179 Å². The molecule has 2 heterocycles. The summed E-state index contributed by atoms with van der Waals surface area (Å²) in [5.41, 5.74) is 7.27. The summed E-state index contributed by atoms with van der Waals surface area (Å²) in [7, 11) is 0. The van der Waals surface area contributed by atoms with E-state index in [1.54, 1.807) is 30.3 Å². The van der Waals surface area contributed by atoms with Gasteiger partial charge in [0, 0.05) is 23.9 Å². The molecule has 1 saturated heterocycles. The molecule has 0 unspecified atom stereocenters. The van der Waals surface area contributed by atoms with E-state index in [0.29, 0.717) is 23.6 Å². The van der Waals surface area contributed by atoms with Crippen molar-refractivity contribution in [3.8, 4) is 0 Å². The number of rotatable bonds is 7. The van der Waals surface area contributed by atoms with E-state index in [0.717, 1.165) is 50.0 Å². The van der Waals surface area contributed by atoms with Crippen LogP contribution in [0.25, 0.3) is 11.0 Å². The number of piperidine rings is 1. The summed E-state index contributed by atoms with van der Waals surface area (Å²) >= 11 is 0. The number of primary amides is 1. The Balaban J connectivity index is 1.23. The van der Waals surface area contributed by atoms with Crippen LogP contribution in [0.1, 0.15) is 51.6 Å². The molecule has 0 aliphatic carbocycles. The number of nitrogens with two attached hydrogens (primary N) is 1. The predicted octanol–water partition coefficient (Wildman–Crippen LogP) is 3.07. The van der Waals surface area contributed by atoms with Gasteiger partial charge in [0.2, 0.25) is 5.91 Å². The van der Waals surface area contributed by atoms with Crippen molar-refractivity contribution >= 4 is 22.8 Å². The smallest absolute Gasteiger partial charge is 0.252 e. The van der Waals surface area contributed by atoms with E-state index < -0.39 is 5.91 Å². The Kier molecular flexibility index (Phi) is 6.27. The minimum atomic E-state index is -0.612. The van der Waals surface area contributed by atoms with Crippen LogP contribution in [0.4, 0.5) is 4.39 Å². The lowest BCUT2D eigenvalue weighted by molar-refractivity contribution is 0.0934. The quantitative estimate of drug-likeness (QED) is 0.568. The summed E-state index contributed by atoms with van der Waals surface area (Å²) in [6, 6.07) is 11.1. The standard InChI is InChI=1S/C23H25FN4O3/c24-16-6-7-19-20(14-16)31-27-21(19)15-8-12-28(13-9-15)11-3-10-26-23(30)18-5-2-1-4-17(18)22(25)29/h1-2,4-7,14-15H,3,8-13H2,(H2,25,29)(H,26,30). The molecule has 162 valence electrons. The predicted molar refractivity (Wildman–Crippen MR) is 114 cm³/mol. The Morgan fingerprint density at radius 3 is 2.65 bits per heavy atom. The summed E-state index contributed by atoms with van der Waals surface area (Å²) in [6.07, 6.45) is 2.72. The van der Waals surface area contributed by atoms with Crippen LogP contribution in [0.15, 0.2) is 47.0 Å². The van der Waals surface area contributed by atoms with Gasteiger partial charge < -0.3 is 20.5 Å². The number of aromatic nitrogens is 1. The van der Waals surface area contributed by atoms with Gasteiger partial charge in [-0.05, 0) is 63.2 Å². The van der Waals surface area contributed by atoms with Crippen molar-refractivity contribution < 1.29 is 18.5 Å². The molecule has 0 saturated carbocycles. The molecule has 1 aliphatic heterocycles. The van der Waals surface area contributed by atoms with E-state index in [2.05, 4.69) is 15.4 Å². The van der Waals surface area contributed by atoms with Crippen molar-refractivity contribution in [3.05, 3.63) is 65.1 Å². The zero-order valence-electron chi connectivity index (χ0n) is 17.1. The molecule has 4 rings (SSSR count). The largest absolute Gasteiger partial charge is 0.366 e. The fraction of sp³-hybridized carbons (Fsp3) is 0.348. The number of hydrogen-bond donors (Lipinski definition) is 2. The molecule has 1 aromatic heterocycles. The van der Waals surface area contributed by atoms with Crippen LogP contribution in [-0.2, 0) is 0 Å². The number of nitrogens with zero attached hydrogens (tertiary/aromatic N) is 2. The third kappa shape index (κ3) is 4.74. The van der Waals surface area contributed by atoms with Crippen molar-refractivity contribution in [2.75, 3.05) is 26.2 Å². The number of halogens is 1. The molecule has 2 aromatic carbocycles. The lowest BCUT2D eigenvalue weighted by atomic mass is 9.91. The van der Waals surface area contributed by atoms with Crippen LogP contribution in [0.5, 0.6) is 0 Å². The lowest BCUT2D eigenvalue weighted by Gasteiger charge is -2.31. The zero-order chi connectivity index (χ0) is 21.8. The van der Waals surface area contributed by atoms with Crippen molar-refractivity contribution in [3.63, 3.8) is 0 Å². The molecular formula is C23H25FN4O3. The molecule has 3 N–H and O–H groups in total. The average Bonchev–Trinajstić information content (AvgIpc) is 3.20. The first-order valence-electron chi connectivity index (χ1n) is 10.5. The van der Waals surface area contributed by atoms with Gasteiger partial charge in [-0.2, -0.15) is 0 Å². The van der Waals surface area contributed by atoms with Gasteiger partial charge in [-0.15, -0.1) is 0 Å². The van der Waals surface area contributed by atoms with Crippen LogP contribution in [0, 0.1) is 5.82 Å². The molecule has 1 fully saturated rings. The first-order valence-corrected chi connectivity index (χ1v) is 10.5. The normalized spacial score (nSPS) is 15.3. The third-order valence-electron chi connectivity index (χ3n) is 5.81. The summed E-state index contributed by atoms with van der Waals surface area (Å²) in [5, 5.41) is 7.94. The molecular weight excluding hydrogens is 399 g/mol. The minimum Gasteiger partial charge on any atom is -0.366 e. The van der Waals surface area contributed by atoms with E-state index in [-0.39, 0.29) is 17.3 Å². The van der Waals surface area contributed by atoms with Gasteiger partial charge in [-0.1, -0.05) is 17.3 Å². The van der Waals surface area contributed by atoms with E-state index >= 15 is 0 Å². The Morgan fingerprint density at radius 1 is 1.16 bits per heavy atom. The molecule has 3 aromatic rings. The van der Waals surface area contributed by atoms with Gasteiger partial charge in [0.25, 0.3) is 5.91 Å². The van der Waals surface area contributed by atoms with Crippen LogP contribution in [0.3, 0.4) is 0 Å². The maximum Gasteiger partial charge on any atom is 0.252 e. The highest BCUT2D eigenvalue weighted by atomic mass is 19.1. The van der Waals surface area contributed by atoms with Gasteiger partial charge in [0.1, 0.15) is 5.82 Å². The summed E-state index contributed by atoms with van der Waals surface area (Å²) < 4.78 is 18.6. The van der Waals surface area contributed by atoms with Gasteiger partial charge in [0.15, 0.2) is 5.58 Å². The number of hydrogen-bond acceptors (Lipinski definition) is 5. The SMILES string of the molecule is NC(=O)c1ccccc1C(=O)NCCCN1CCC(c2noc3cc(F)ccc23)CC1. The van der Waals surface area contributed by atoms with Crippen molar-refractivity contribution in [1.82, 2.24) is 15.4 Å². The first-order chi connectivity index (χ1) is 15.0. The Hall–Kier alpha value is -3.26. The molecule has 2 amide bonds. The number of carbonyl (C=O) groups is 2. The second-order valence-corrected chi connectivity index (χ2v) is 7.84. The maximum absolute atomic E-state index is 13.3. The number of fused-ring (bicyclic) bond motifs is 1. The highest BCUT2D eigenvalue weighted by Gasteiger charge is 2.25. The lowest BCUT2D eigenvalue weighted by Crippen LogP contribution is -2.35. The molecule has 0 radical (unpaired) electrons. The van der Waals surface area contributed by atoms with Crippen LogP contribution >= 0.6 is 0 Å². The van der Waals surface area contributed by atoms with E-state index in [4.69, 9.17) is 10.3 Å². The average molecular weight is 424 g/mol. The number of amides is 2. The molecule has 8 heteroatoms. The van der Waals surface area contributed by atoms with E-state index in [1.165, 1.54) is 12.1 Å². The van der Waals surface area contributed by atoms with E-state index in [1.807, 2.05) is 0 Å². The van der Waals surface area contributed by atoms with Gasteiger partial charge >= 0.3 is 0 Å². The van der Waals surface area contributed by atoms with Crippen LogP contribution in [0.2, 0.25) is 0 Å². The van der Waals surface area contributed by atoms with Crippen LogP contribution in [-0.4, -0.2) is 48.0 Å². The second-order valence-electron chi connectivity index (χ2n) is 7.84. The number of likely N-dealkylation sites (tertiary alicyclic amines) is 1. The van der Waals surface area contributed by atoms with Crippen molar-refractivity contribution in [1.29, 1.82) is 0 Å². The highest BCUT2D eigenvalue weighted by Crippen LogP contribution is 2.32. The number of nitrogens with one attached hydrogen (secondary N) is 1. The zero-order valence-corrected chi connectivity index (χ0v) is 17.1. The fourth-order valence-electron chi connectivity index (χ4n) is 4.15. The Morgan fingerprint density at radius 2 is 1.90 bits per heavy atom. The second kappa shape index (κ2) is 9.26. The number of benzene rings is 2. The summed E-state index contributed by atoms with van der Waals surface area (Å²) in [6.45, 7) is 3.25. The summed E-state index contributed by atoms with van der Waals surface area (Å²) in [5.74, 6) is -0.927. The molecule has 0 bridgehead atoms. The Bertz CT molecular complexity index is 1090. The highest BCUT2D eigenvalue weighted by molar-refractivity contribution is 6.06.